The fourth-order valence-corrected chi connectivity index (χ4v) is 2.09. The third-order valence-corrected chi connectivity index (χ3v) is 3.06. The number of aromatic nitrogens is 2. The minimum atomic E-state index is 0.378. The van der Waals surface area contributed by atoms with Gasteiger partial charge in [-0.25, -0.2) is 4.98 Å². The maximum absolute atomic E-state index is 5.27. The molecule has 0 unspecified atom stereocenters. The number of hydrogen-bond acceptors (Lipinski definition) is 3. The van der Waals surface area contributed by atoms with Crippen LogP contribution >= 0.6 is 0 Å². The highest BCUT2D eigenvalue weighted by atomic mass is 16.5. The first kappa shape index (κ1) is 13.5. The second kappa shape index (κ2) is 5.34. The molecule has 0 aliphatic heterocycles. The molecule has 0 saturated carbocycles. The molecule has 1 heterocycles. The Morgan fingerprint density at radius 2 is 2.00 bits per heavy atom. The summed E-state index contributed by atoms with van der Waals surface area (Å²) >= 11 is 0. The van der Waals surface area contributed by atoms with E-state index in [1.165, 1.54) is 0 Å². The highest BCUT2D eigenvalue weighted by molar-refractivity contribution is 5.57. The average Bonchev–Trinajstić information content (AvgIpc) is 2.70. The minimum absolute atomic E-state index is 0.378. The van der Waals surface area contributed by atoms with E-state index in [2.05, 4.69) is 41.0 Å². The SMILES string of the molecule is COc1ccc(Nc2nc(C)cn2C(C)C)cc1C. The smallest absolute Gasteiger partial charge is 0.207 e. The fraction of sp³-hybridized carbons (Fsp3) is 0.400. The van der Waals surface area contributed by atoms with E-state index < -0.39 is 0 Å². The monoisotopic (exact) mass is 259 g/mol. The zero-order valence-electron chi connectivity index (χ0n) is 12.2. The number of benzene rings is 1. The second-order valence-corrected chi connectivity index (χ2v) is 5.02. The summed E-state index contributed by atoms with van der Waals surface area (Å²) in [6.45, 7) is 8.32. The van der Waals surface area contributed by atoms with Gasteiger partial charge in [-0.2, -0.15) is 0 Å². The lowest BCUT2D eigenvalue weighted by atomic mass is 10.2. The van der Waals surface area contributed by atoms with Crippen LogP contribution in [0, 0.1) is 13.8 Å². The van der Waals surface area contributed by atoms with E-state index in [1.54, 1.807) is 7.11 Å². The van der Waals surface area contributed by atoms with Gasteiger partial charge in [0.05, 0.1) is 12.8 Å². The molecular formula is C15H21N3O. The van der Waals surface area contributed by atoms with E-state index in [0.717, 1.165) is 28.6 Å². The molecule has 0 aliphatic carbocycles. The number of ether oxygens (including phenoxy) is 1. The first-order chi connectivity index (χ1) is 9.01. The Kier molecular flexibility index (Phi) is 3.79. The number of hydrogen-bond donors (Lipinski definition) is 1. The zero-order valence-corrected chi connectivity index (χ0v) is 12.2. The molecule has 1 aromatic carbocycles. The summed E-state index contributed by atoms with van der Waals surface area (Å²) in [5.74, 6) is 1.77. The maximum atomic E-state index is 5.27. The van der Waals surface area contributed by atoms with Crippen molar-refractivity contribution in [1.29, 1.82) is 0 Å². The van der Waals surface area contributed by atoms with E-state index in [0.29, 0.717) is 6.04 Å². The van der Waals surface area contributed by atoms with Gasteiger partial charge in [0.15, 0.2) is 0 Å². The Balaban J connectivity index is 2.28. The van der Waals surface area contributed by atoms with Crippen LogP contribution in [-0.4, -0.2) is 16.7 Å². The van der Waals surface area contributed by atoms with Crippen LogP contribution < -0.4 is 10.1 Å². The van der Waals surface area contributed by atoms with Gasteiger partial charge in [-0.1, -0.05) is 0 Å². The molecule has 0 saturated heterocycles. The van der Waals surface area contributed by atoms with Gasteiger partial charge in [0, 0.05) is 17.9 Å². The summed E-state index contributed by atoms with van der Waals surface area (Å²) < 4.78 is 7.40. The van der Waals surface area contributed by atoms with Crippen molar-refractivity contribution in [3.8, 4) is 5.75 Å². The Labute approximate surface area is 114 Å². The lowest BCUT2D eigenvalue weighted by Crippen LogP contribution is -2.05. The van der Waals surface area contributed by atoms with Crippen molar-refractivity contribution in [3.63, 3.8) is 0 Å². The highest BCUT2D eigenvalue weighted by Crippen LogP contribution is 2.25. The normalized spacial score (nSPS) is 10.8. The average molecular weight is 259 g/mol. The zero-order chi connectivity index (χ0) is 14.0. The summed E-state index contributed by atoms with van der Waals surface area (Å²) in [6, 6.07) is 6.41. The van der Waals surface area contributed by atoms with Crippen molar-refractivity contribution in [2.75, 3.05) is 12.4 Å². The summed E-state index contributed by atoms with van der Waals surface area (Å²) in [6.07, 6.45) is 2.06. The Bertz CT molecular complexity index is 573. The molecule has 0 fully saturated rings. The van der Waals surface area contributed by atoms with Crippen LogP contribution in [0.5, 0.6) is 5.75 Å². The van der Waals surface area contributed by atoms with E-state index in [1.807, 2.05) is 26.0 Å². The standard InChI is InChI=1S/C15H21N3O/c1-10(2)18-9-12(4)16-15(18)17-13-6-7-14(19-5)11(3)8-13/h6-10H,1-5H3,(H,16,17). The number of nitrogens with one attached hydrogen (secondary N) is 1. The quantitative estimate of drug-likeness (QED) is 0.907. The van der Waals surface area contributed by atoms with Crippen LogP contribution in [0.2, 0.25) is 0 Å². The molecule has 0 spiro atoms. The Hall–Kier alpha value is -1.97. The number of aryl methyl sites for hydroxylation is 2. The Morgan fingerprint density at radius 3 is 2.58 bits per heavy atom. The van der Waals surface area contributed by atoms with Crippen LogP contribution in [0.15, 0.2) is 24.4 Å². The third kappa shape index (κ3) is 2.89. The summed E-state index contributed by atoms with van der Waals surface area (Å²) in [4.78, 5) is 4.52. The van der Waals surface area contributed by atoms with Crippen molar-refractivity contribution >= 4 is 11.6 Å². The molecule has 0 atom stereocenters. The Morgan fingerprint density at radius 1 is 1.26 bits per heavy atom. The molecule has 1 aromatic heterocycles. The topological polar surface area (TPSA) is 39.1 Å². The molecule has 2 aromatic rings. The fourth-order valence-electron chi connectivity index (χ4n) is 2.09. The van der Waals surface area contributed by atoms with E-state index in [4.69, 9.17) is 4.74 Å². The summed E-state index contributed by atoms with van der Waals surface area (Å²) in [5, 5.41) is 3.36. The molecule has 0 amide bonds. The molecule has 0 bridgehead atoms. The maximum Gasteiger partial charge on any atom is 0.207 e. The number of rotatable bonds is 4. The van der Waals surface area contributed by atoms with Gasteiger partial charge in [-0.3, -0.25) is 0 Å². The lowest BCUT2D eigenvalue weighted by molar-refractivity contribution is 0.412. The number of methoxy groups -OCH3 is 1. The van der Waals surface area contributed by atoms with Gasteiger partial charge >= 0.3 is 0 Å². The number of nitrogens with zero attached hydrogens (tertiary/aromatic N) is 2. The van der Waals surface area contributed by atoms with Gasteiger partial charge in [0.2, 0.25) is 5.95 Å². The van der Waals surface area contributed by atoms with E-state index >= 15 is 0 Å². The predicted molar refractivity (Wildman–Crippen MR) is 78.4 cm³/mol. The second-order valence-electron chi connectivity index (χ2n) is 5.02. The van der Waals surface area contributed by atoms with Gasteiger partial charge in [0.25, 0.3) is 0 Å². The predicted octanol–water partition coefficient (Wildman–Crippen LogP) is 3.83. The molecule has 4 nitrogen and oxygen atoms in total. The van der Waals surface area contributed by atoms with E-state index in [-0.39, 0.29) is 0 Å². The molecule has 0 aliphatic rings. The van der Waals surface area contributed by atoms with Crippen molar-refractivity contribution < 1.29 is 4.74 Å². The molecule has 0 radical (unpaired) electrons. The lowest BCUT2D eigenvalue weighted by Gasteiger charge is -2.13. The largest absolute Gasteiger partial charge is 0.496 e. The summed E-state index contributed by atoms with van der Waals surface area (Å²) in [5.41, 5.74) is 3.14. The van der Waals surface area contributed by atoms with Crippen molar-refractivity contribution in [1.82, 2.24) is 9.55 Å². The molecule has 102 valence electrons. The number of anilines is 2. The van der Waals surface area contributed by atoms with Crippen LogP contribution in [0.1, 0.15) is 31.1 Å². The van der Waals surface area contributed by atoms with Gasteiger partial charge < -0.3 is 14.6 Å². The molecule has 19 heavy (non-hydrogen) atoms. The first-order valence-corrected chi connectivity index (χ1v) is 6.48. The van der Waals surface area contributed by atoms with Crippen LogP contribution in [0.3, 0.4) is 0 Å². The number of imidazole rings is 1. The van der Waals surface area contributed by atoms with Gasteiger partial charge in [0.1, 0.15) is 5.75 Å². The van der Waals surface area contributed by atoms with Crippen molar-refractivity contribution in [2.45, 2.75) is 33.7 Å². The molecular weight excluding hydrogens is 238 g/mol. The first-order valence-electron chi connectivity index (χ1n) is 6.48. The van der Waals surface area contributed by atoms with Crippen LogP contribution in [0.25, 0.3) is 0 Å². The van der Waals surface area contributed by atoms with Crippen molar-refractivity contribution in [2.24, 2.45) is 0 Å². The molecule has 1 N–H and O–H groups in total. The van der Waals surface area contributed by atoms with E-state index in [9.17, 15) is 0 Å². The van der Waals surface area contributed by atoms with Crippen LogP contribution in [0.4, 0.5) is 11.6 Å². The highest BCUT2D eigenvalue weighted by Gasteiger charge is 2.09. The van der Waals surface area contributed by atoms with Crippen LogP contribution in [-0.2, 0) is 0 Å². The van der Waals surface area contributed by atoms with Crippen molar-refractivity contribution in [3.05, 3.63) is 35.7 Å². The molecule has 2 rings (SSSR count). The third-order valence-electron chi connectivity index (χ3n) is 3.06. The van der Waals surface area contributed by atoms with Gasteiger partial charge in [-0.15, -0.1) is 0 Å². The molecule has 4 heteroatoms. The minimum Gasteiger partial charge on any atom is -0.496 e. The van der Waals surface area contributed by atoms with Gasteiger partial charge in [-0.05, 0) is 51.5 Å². The summed E-state index contributed by atoms with van der Waals surface area (Å²) in [7, 11) is 1.68.